The van der Waals surface area contributed by atoms with Gasteiger partial charge in [-0.1, -0.05) is 17.9 Å². The van der Waals surface area contributed by atoms with Gasteiger partial charge in [0.15, 0.2) is 0 Å². The molecule has 0 aliphatic carbocycles. The summed E-state index contributed by atoms with van der Waals surface area (Å²) in [6.07, 6.45) is 2.87. The third-order valence-electron chi connectivity index (χ3n) is 3.76. The highest BCUT2D eigenvalue weighted by atomic mass is 32.1. The molecule has 2 unspecified atom stereocenters. The summed E-state index contributed by atoms with van der Waals surface area (Å²) in [6, 6.07) is -0.696. The molecule has 2 rings (SSSR count). The molecule has 1 aromatic rings. The molecule has 2 heterocycles. The van der Waals surface area contributed by atoms with Gasteiger partial charge in [0.2, 0.25) is 11.8 Å². The fourth-order valence-electron chi connectivity index (χ4n) is 2.53. The molecule has 1 aliphatic rings. The standard InChI is InChI=1S/C16H24N4O3S/c1-5-14(21)20-8-6-7-12(20)15(22)17-11(4)16-19-18-13(24-16)9-23-10(2)3/h5,10-12H,1,6-9H2,2-4H3,(H,17,22). The summed E-state index contributed by atoms with van der Waals surface area (Å²) in [5, 5.41) is 12.6. The molecule has 0 saturated carbocycles. The number of nitrogens with zero attached hydrogens (tertiary/aromatic N) is 3. The molecule has 1 fully saturated rings. The lowest BCUT2D eigenvalue weighted by atomic mass is 10.2. The number of amides is 2. The fourth-order valence-corrected chi connectivity index (χ4v) is 3.30. The van der Waals surface area contributed by atoms with Crippen molar-refractivity contribution in [1.29, 1.82) is 0 Å². The molecular formula is C16H24N4O3S. The number of hydrogen-bond acceptors (Lipinski definition) is 6. The molecule has 1 aliphatic heterocycles. The predicted octanol–water partition coefficient (Wildman–Crippen LogP) is 1.82. The van der Waals surface area contributed by atoms with E-state index in [0.717, 1.165) is 16.4 Å². The second kappa shape index (κ2) is 8.34. The van der Waals surface area contributed by atoms with Gasteiger partial charge in [0.25, 0.3) is 0 Å². The van der Waals surface area contributed by atoms with Gasteiger partial charge < -0.3 is 15.0 Å². The summed E-state index contributed by atoms with van der Waals surface area (Å²) in [4.78, 5) is 25.8. The van der Waals surface area contributed by atoms with Crippen LogP contribution in [-0.4, -0.2) is 45.6 Å². The average molecular weight is 352 g/mol. The molecule has 24 heavy (non-hydrogen) atoms. The van der Waals surface area contributed by atoms with Gasteiger partial charge in [0.1, 0.15) is 22.7 Å². The van der Waals surface area contributed by atoms with Crippen LogP contribution >= 0.6 is 11.3 Å². The van der Waals surface area contributed by atoms with Crippen LogP contribution in [0.1, 0.15) is 49.7 Å². The number of carbonyl (C=O) groups is 2. The Bertz CT molecular complexity index is 602. The quantitative estimate of drug-likeness (QED) is 0.757. The van der Waals surface area contributed by atoms with Gasteiger partial charge in [-0.05, 0) is 39.7 Å². The largest absolute Gasteiger partial charge is 0.372 e. The summed E-state index contributed by atoms with van der Waals surface area (Å²) in [5.74, 6) is -0.366. The summed E-state index contributed by atoms with van der Waals surface area (Å²) in [6.45, 7) is 10.3. The van der Waals surface area contributed by atoms with E-state index in [2.05, 4.69) is 22.1 Å². The van der Waals surface area contributed by atoms with E-state index in [4.69, 9.17) is 4.74 Å². The van der Waals surface area contributed by atoms with Crippen LogP contribution in [0.3, 0.4) is 0 Å². The van der Waals surface area contributed by atoms with E-state index in [0.29, 0.717) is 19.6 Å². The average Bonchev–Trinajstić information content (AvgIpc) is 3.21. The second-order valence-corrected chi connectivity index (χ2v) is 7.11. The monoisotopic (exact) mass is 352 g/mol. The van der Waals surface area contributed by atoms with Crippen LogP contribution in [0.15, 0.2) is 12.7 Å². The summed E-state index contributed by atoms with van der Waals surface area (Å²) < 4.78 is 5.50. The summed E-state index contributed by atoms with van der Waals surface area (Å²) in [7, 11) is 0. The lowest BCUT2D eigenvalue weighted by Crippen LogP contribution is -2.46. The van der Waals surface area contributed by atoms with E-state index in [1.807, 2.05) is 20.8 Å². The molecule has 2 amide bonds. The topological polar surface area (TPSA) is 84.4 Å². The Balaban J connectivity index is 1.93. The Morgan fingerprint density at radius 2 is 2.21 bits per heavy atom. The van der Waals surface area contributed by atoms with Gasteiger partial charge in [-0.25, -0.2) is 0 Å². The highest BCUT2D eigenvalue weighted by Crippen LogP contribution is 2.22. The van der Waals surface area contributed by atoms with E-state index in [1.54, 1.807) is 4.90 Å². The normalized spacial score (nSPS) is 18.7. The molecule has 7 nitrogen and oxygen atoms in total. The van der Waals surface area contributed by atoms with Crippen molar-refractivity contribution < 1.29 is 14.3 Å². The molecule has 0 radical (unpaired) electrons. The van der Waals surface area contributed by atoms with Crippen LogP contribution in [0.2, 0.25) is 0 Å². The minimum atomic E-state index is -0.436. The van der Waals surface area contributed by atoms with E-state index >= 15 is 0 Å². The van der Waals surface area contributed by atoms with Crippen molar-refractivity contribution in [2.24, 2.45) is 0 Å². The Morgan fingerprint density at radius 3 is 2.88 bits per heavy atom. The Hall–Kier alpha value is -1.80. The number of likely N-dealkylation sites (tertiary alicyclic amines) is 1. The molecule has 2 atom stereocenters. The molecule has 132 valence electrons. The maximum Gasteiger partial charge on any atom is 0.246 e. The summed E-state index contributed by atoms with van der Waals surface area (Å²) in [5.41, 5.74) is 0. The third kappa shape index (κ3) is 4.61. The van der Waals surface area contributed by atoms with E-state index in [1.165, 1.54) is 17.4 Å². The number of rotatable bonds is 7. The first-order chi connectivity index (χ1) is 11.4. The van der Waals surface area contributed by atoms with Crippen molar-refractivity contribution in [2.45, 2.75) is 58.4 Å². The van der Waals surface area contributed by atoms with Crippen molar-refractivity contribution in [1.82, 2.24) is 20.4 Å². The van der Waals surface area contributed by atoms with E-state index in [-0.39, 0.29) is 24.0 Å². The number of ether oxygens (including phenoxy) is 1. The second-order valence-electron chi connectivity index (χ2n) is 6.02. The maximum atomic E-state index is 12.5. The number of carbonyl (C=O) groups excluding carboxylic acids is 2. The first kappa shape index (κ1) is 18.5. The lowest BCUT2D eigenvalue weighted by Gasteiger charge is -2.23. The number of hydrogen-bond donors (Lipinski definition) is 1. The van der Waals surface area contributed by atoms with E-state index in [9.17, 15) is 9.59 Å². The molecule has 0 spiro atoms. The van der Waals surface area contributed by atoms with Crippen molar-refractivity contribution in [3.63, 3.8) is 0 Å². The molecule has 0 aromatic carbocycles. The smallest absolute Gasteiger partial charge is 0.246 e. The highest BCUT2D eigenvalue weighted by molar-refractivity contribution is 7.11. The van der Waals surface area contributed by atoms with Crippen molar-refractivity contribution in [3.8, 4) is 0 Å². The molecular weight excluding hydrogens is 328 g/mol. The van der Waals surface area contributed by atoms with Crippen molar-refractivity contribution >= 4 is 23.2 Å². The minimum absolute atomic E-state index is 0.130. The van der Waals surface area contributed by atoms with Crippen LogP contribution in [0.5, 0.6) is 0 Å². The van der Waals surface area contributed by atoms with Crippen molar-refractivity contribution in [2.75, 3.05) is 6.54 Å². The SMILES string of the molecule is C=CC(=O)N1CCCC1C(=O)NC(C)c1nnc(COC(C)C)s1. The van der Waals surface area contributed by atoms with Gasteiger partial charge in [0, 0.05) is 6.54 Å². The van der Waals surface area contributed by atoms with Crippen molar-refractivity contribution in [3.05, 3.63) is 22.7 Å². The zero-order valence-corrected chi connectivity index (χ0v) is 15.1. The lowest BCUT2D eigenvalue weighted by molar-refractivity contribution is -0.135. The van der Waals surface area contributed by atoms with Gasteiger partial charge in [-0.2, -0.15) is 0 Å². The summed E-state index contributed by atoms with van der Waals surface area (Å²) >= 11 is 1.42. The van der Waals surface area contributed by atoms with Crippen LogP contribution in [0.4, 0.5) is 0 Å². The first-order valence-corrected chi connectivity index (χ1v) is 8.91. The molecule has 1 N–H and O–H groups in total. The Labute approximate surface area is 146 Å². The Kier molecular flexibility index (Phi) is 6.44. The Morgan fingerprint density at radius 1 is 1.46 bits per heavy atom. The van der Waals surface area contributed by atoms with E-state index < -0.39 is 6.04 Å². The fraction of sp³-hybridized carbons (Fsp3) is 0.625. The predicted molar refractivity (Wildman–Crippen MR) is 91.3 cm³/mol. The highest BCUT2D eigenvalue weighted by Gasteiger charge is 2.33. The third-order valence-corrected chi connectivity index (χ3v) is 4.84. The van der Waals surface area contributed by atoms with Crippen LogP contribution in [0.25, 0.3) is 0 Å². The van der Waals surface area contributed by atoms with Crippen LogP contribution in [-0.2, 0) is 20.9 Å². The molecule has 1 aromatic heterocycles. The zero-order chi connectivity index (χ0) is 17.7. The van der Waals surface area contributed by atoms with Crippen LogP contribution < -0.4 is 5.32 Å². The molecule has 8 heteroatoms. The zero-order valence-electron chi connectivity index (χ0n) is 14.3. The minimum Gasteiger partial charge on any atom is -0.372 e. The molecule has 0 bridgehead atoms. The van der Waals surface area contributed by atoms with Gasteiger partial charge in [-0.15, -0.1) is 10.2 Å². The molecule has 1 saturated heterocycles. The van der Waals surface area contributed by atoms with Crippen LogP contribution in [0, 0.1) is 0 Å². The number of aromatic nitrogens is 2. The number of nitrogens with one attached hydrogen (secondary N) is 1. The maximum absolute atomic E-state index is 12.5. The van der Waals surface area contributed by atoms with Gasteiger partial charge in [-0.3, -0.25) is 9.59 Å². The first-order valence-electron chi connectivity index (χ1n) is 8.09. The van der Waals surface area contributed by atoms with Gasteiger partial charge >= 0.3 is 0 Å². The van der Waals surface area contributed by atoms with Gasteiger partial charge in [0.05, 0.1) is 12.1 Å².